The predicted octanol–water partition coefficient (Wildman–Crippen LogP) is 0.512. The van der Waals surface area contributed by atoms with Gasteiger partial charge in [0, 0.05) is 26.2 Å². The first-order valence-corrected chi connectivity index (χ1v) is 5.83. The molecule has 1 aliphatic rings. The standard InChI is InChI=1S/C11H24N4/c1-5-15(4)7-6-13-11(12-3)14-10-8-9(10)2/h9-10H,5-8H2,1-4H3,(H2,12,13,14). The van der Waals surface area contributed by atoms with Gasteiger partial charge in [0.05, 0.1) is 0 Å². The minimum atomic E-state index is 0.639. The Labute approximate surface area is 93.1 Å². The van der Waals surface area contributed by atoms with Gasteiger partial charge in [-0.05, 0) is 25.9 Å². The van der Waals surface area contributed by atoms with Crippen molar-refractivity contribution >= 4 is 5.96 Å². The Morgan fingerprint density at radius 3 is 2.67 bits per heavy atom. The highest BCUT2D eigenvalue weighted by Crippen LogP contribution is 2.28. The summed E-state index contributed by atoms with van der Waals surface area (Å²) in [6, 6.07) is 0.639. The third kappa shape index (κ3) is 4.51. The van der Waals surface area contributed by atoms with Crippen LogP contribution in [0.15, 0.2) is 4.99 Å². The van der Waals surface area contributed by atoms with E-state index in [2.05, 4.69) is 41.4 Å². The average Bonchev–Trinajstić information content (AvgIpc) is 2.92. The third-order valence-electron chi connectivity index (χ3n) is 2.98. The summed E-state index contributed by atoms with van der Waals surface area (Å²) in [5.74, 6) is 1.75. The van der Waals surface area contributed by atoms with E-state index in [1.807, 2.05) is 7.05 Å². The maximum Gasteiger partial charge on any atom is 0.191 e. The molecule has 15 heavy (non-hydrogen) atoms. The number of hydrogen-bond acceptors (Lipinski definition) is 2. The van der Waals surface area contributed by atoms with E-state index in [0.29, 0.717) is 6.04 Å². The Bertz CT molecular complexity index is 215. The third-order valence-corrected chi connectivity index (χ3v) is 2.98. The molecule has 1 aliphatic carbocycles. The number of hydrogen-bond donors (Lipinski definition) is 2. The van der Waals surface area contributed by atoms with Gasteiger partial charge in [0.1, 0.15) is 0 Å². The molecule has 0 amide bonds. The summed E-state index contributed by atoms with van der Waals surface area (Å²) in [4.78, 5) is 6.48. The SMILES string of the molecule is CCN(C)CCNC(=NC)NC1CC1C. The van der Waals surface area contributed by atoms with Gasteiger partial charge in [-0.15, -0.1) is 0 Å². The van der Waals surface area contributed by atoms with Crippen LogP contribution in [0.5, 0.6) is 0 Å². The van der Waals surface area contributed by atoms with Gasteiger partial charge in [0.25, 0.3) is 0 Å². The first kappa shape index (κ1) is 12.3. The Hall–Kier alpha value is -0.770. The Kier molecular flexibility index (Phi) is 4.88. The van der Waals surface area contributed by atoms with E-state index in [4.69, 9.17) is 0 Å². The lowest BCUT2D eigenvalue weighted by Crippen LogP contribution is -2.42. The van der Waals surface area contributed by atoms with Crippen LogP contribution in [0.25, 0.3) is 0 Å². The van der Waals surface area contributed by atoms with Crippen molar-refractivity contribution in [2.24, 2.45) is 10.9 Å². The normalized spacial score (nSPS) is 25.5. The number of rotatable bonds is 5. The van der Waals surface area contributed by atoms with Crippen LogP contribution in [0, 0.1) is 5.92 Å². The second-order valence-electron chi connectivity index (χ2n) is 4.36. The molecule has 0 saturated heterocycles. The van der Waals surface area contributed by atoms with E-state index < -0.39 is 0 Å². The molecule has 88 valence electrons. The fourth-order valence-electron chi connectivity index (χ4n) is 1.42. The quantitative estimate of drug-likeness (QED) is 0.515. The molecule has 0 aromatic rings. The zero-order chi connectivity index (χ0) is 11.3. The van der Waals surface area contributed by atoms with Gasteiger partial charge in [-0.3, -0.25) is 4.99 Å². The molecule has 0 aromatic carbocycles. The maximum absolute atomic E-state index is 4.20. The minimum Gasteiger partial charge on any atom is -0.355 e. The second kappa shape index (κ2) is 5.95. The fourth-order valence-corrected chi connectivity index (χ4v) is 1.42. The largest absolute Gasteiger partial charge is 0.355 e. The van der Waals surface area contributed by atoms with Gasteiger partial charge in [-0.2, -0.15) is 0 Å². The van der Waals surface area contributed by atoms with Crippen LogP contribution in [0.1, 0.15) is 20.3 Å². The molecule has 0 aromatic heterocycles. The van der Waals surface area contributed by atoms with Crippen LogP contribution in [0.4, 0.5) is 0 Å². The molecule has 0 heterocycles. The summed E-state index contributed by atoms with van der Waals surface area (Å²) < 4.78 is 0. The van der Waals surface area contributed by atoms with Crippen molar-refractivity contribution in [3.8, 4) is 0 Å². The number of aliphatic imine (C=N–C) groups is 1. The summed E-state index contributed by atoms with van der Waals surface area (Å²) in [6.07, 6.45) is 1.27. The van der Waals surface area contributed by atoms with Crippen molar-refractivity contribution in [1.29, 1.82) is 0 Å². The average molecular weight is 212 g/mol. The molecule has 2 N–H and O–H groups in total. The number of likely N-dealkylation sites (N-methyl/N-ethyl adjacent to an activating group) is 1. The zero-order valence-corrected chi connectivity index (χ0v) is 10.4. The number of nitrogens with one attached hydrogen (secondary N) is 2. The van der Waals surface area contributed by atoms with Crippen molar-refractivity contribution in [2.45, 2.75) is 26.3 Å². The van der Waals surface area contributed by atoms with Crippen molar-refractivity contribution in [3.63, 3.8) is 0 Å². The molecule has 0 bridgehead atoms. The molecule has 2 unspecified atom stereocenters. The van der Waals surface area contributed by atoms with Gasteiger partial charge in [-0.1, -0.05) is 13.8 Å². The van der Waals surface area contributed by atoms with E-state index in [1.165, 1.54) is 6.42 Å². The summed E-state index contributed by atoms with van der Waals surface area (Å²) in [5, 5.41) is 6.73. The molecule has 0 aliphatic heterocycles. The highest BCUT2D eigenvalue weighted by Gasteiger charge is 2.33. The second-order valence-corrected chi connectivity index (χ2v) is 4.36. The Balaban J connectivity index is 2.12. The lowest BCUT2D eigenvalue weighted by molar-refractivity contribution is 0.357. The van der Waals surface area contributed by atoms with Gasteiger partial charge in [0.2, 0.25) is 0 Å². The molecular formula is C11H24N4. The predicted molar refractivity (Wildman–Crippen MR) is 65.2 cm³/mol. The van der Waals surface area contributed by atoms with E-state index >= 15 is 0 Å². The van der Waals surface area contributed by atoms with Crippen LogP contribution in [0.2, 0.25) is 0 Å². The molecule has 1 fully saturated rings. The fraction of sp³-hybridized carbons (Fsp3) is 0.909. The van der Waals surface area contributed by atoms with Crippen molar-refractivity contribution < 1.29 is 0 Å². The Morgan fingerprint density at radius 1 is 1.53 bits per heavy atom. The molecule has 2 atom stereocenters. The molecule has 0 spiro atoms. The topological polar surface area (TPSA) is 39.7 Å². The summed E-state index contributed by atoms with van der Waals surface area (Å²) in [6.45, 7) is 7.52. The first-order valence-electron chi connectivity index (χ1n) is 5.83. The van der Waals surface area contributed by atoms with Crippen LogP contribution in [0.3, 0.4) is 0 Å². The maximum atomic E-state index is 4.20. The highest BCUT2D eigenvalue weighted by molar-refractivity contribution is 5.80. The van der Waals surface area contributed by atoms with Crippen molar-refractivity contribution in [2.75, 3.05) is 33.7 Å². The minimum absolute atomic E-state index is 0.639. The number of nitrogens with zero attached hydrogens (tertiary/aromatic N) is 2. The molecule has 1 rings (SSSR count). The Morgan fingerprint density at radius 2 is 2.20 bits per heavy atom. The van der Waals surface area contributed by atoms with Gasteiger partial charge >= 0.3 is 0 Å². The van der Waals surface area contributed by atoms with Gasteiger partial charge in [0.15, 0.2) is 5.96 Å². The molecule has 1 saturated carbocycles. The zero-order valence-electron chi connectivity index (χ0n) is 10.4. The summed E-state index contributed by atoms with van der Waals surface area (Å²) in [7, 11) is 3.95. The van der Waals surface area contributed by atoms with E-state index in [0.717, 1.165) is 31.5 Å². The lowest BCUT2D eigenvalue weighted by Gasteiger charge is -2.16. The molecule has 4 heteroatoms. The lowest BCUT2D eigenvalue weighted by atomic mass is 10.5. The van der Waals surface area contributed by atoms with E-state index in [-0.39, 0.29) is 0 Å². The molecular weight excluding hydrogens is 188 g/mol. The summed E-state index contributed by atoms with van der Waals surface area (Å²) in [5.41, 5.74) is 0. The van der Waals surface area contributed by atoms with Crippen molar-refractivity contribution in [3.05, 3.63) is 0 Å². The summed E-state index contributed by atoms with van der Waals surface area (Å²) >= 11 is 0. The monoisotopic (exact) mass is 212 g/mol. The van der Waals surface area contributed by atoms with Crippen LogP contribution >= 0.6 is 0 Å². The molecule has 0 radical (unpaired) electrons. The van der Waals surface area contributed by atoms with Crippen LogP contribution in [-0.2, 0) is 0 Å². The first-order chi connectivity index (χ1) is 7.17. The van der Waals surface area contributed by atoms with Crippen molar-refractivity contribution in [1.82, 2.24) is 15.5 Å². The van der Waals surface area contributed by atoms with Crippen LogP contribution in [-0.4, -0.2) is 50.6 Å². The number of guanidine groups is 1. The van der Waals surface area contributed by atoms with Gasteiger partial charge < -0.3 is 15.5 Å². The van der Waals surface area contributed by atoms with Gasteiger partial charge in [-0.25, -0.2) is 0 Å². The van der Waals surface area contributed by atoms with Crippen LogP contribution < -0.4 is 10.6 Å². The van der Waals surface area contributed by atoms with E-state index in [9.17, 15) is 0 Å². The molecule has 4 nitrogen and oxygen atoms in total. The highest BCUT2D eigenvalue weighted by atomic mass is 15.2. The smallest absolute Gasteiger partial charge is 0.191 e. The van der Waals surface area contributed by atoms with E-state index in [1.54, 1.807) is 0 Å².